The highest BCUT2D eigenvalue weighted by atomic mass is 35.5. The van der Waals surface area contributed by atoms with Gasteiger partial charge in [0.05, 0.1) is 12.3 Å². The number of hydrogen-bond acceptors (Lipinski definition) is 7. The van der Waals surface area contributed by atoms with Crippen molar-refractivity contribution in [1.29, 1.82) is 0 Å². The number of aromatic nitrogens is 3. The number of carbonyl (C=O) groups is 1. The predicted molar refractivity (Wildman–Crippen MR) is 130 cm³/mol. The van der Waals surface area contributed by atoms with E-state index >= 15 is 0 Å². The third-order valence-electron chi connectivity index (χ3n) is 4.66. The molecule has 0 spiro atoms. The van der Waals surface area contributed by atoms with Crippen LogP contribution in [0.3, 0.4) is 0 Å². The number of ether oxygens (including phenoxy) is 2. The molecule has 176 valence electrons. The molecule has 0 aliphatic carbocycles. The largest absolute Gasteiger partial charge is 0.492 e. The smallest absolute Gasteiger partial charge is 0.230 e. The van der Waals surface area contributed by atoms with Crippen LogP contribution in [0.1, 0.15) is 32.2 Å². The topological polar surface area (TPSA) is 104 Å². The molecule has 3 N–H and O–H groups in total. The molecule has 0 unspecified atom stereocenters. The van der Waals surface area contributed by atoms with Crippen molar-refractivity contribution < 1.29 is 14.3 Å². The first-order valence-corrected chi connectivity index (χ1v) is 11.8. The van der Waals surface area contributed by atoms with Gasteiger partial charge in [0, 0.05) is 5.02 Å². The van der Waals surface area contributed by atoms with E-state index in [2.05, 4.69) is 36.3 Å². The van der Waals surface area contributed by atoms with Crippen LogP contribution in [0.25, 0.3) is 0 Å². The van der Waals surface area contributed by atoms with Crippen LogP contribution in [-0.2, 0) is 16.8 Å². The van der Waals surface area contributed by atoms with Gasteiger partial charge in [0.2, 0.25) is 11.1 Å². The van der Waals surface area contributed by atoms with Gasteiger partial charge in [-0.3, -0.25) is 4.79 Å². The molecule has 0 saturated heterocycles. The molecule has 0 aliphatic heterocycles. The monoisotopic (exact) mass is 489 g/mol. The summed E-state index contributed by atoms with van der Waals surface area (Å²) >= 11 is 7.03. The predicted octanol–water partition coefficient (Wildman–Crippen LogP) is 3.81. The van der Waals surface area contributed by atoms with Gasteiger partial charge in [-0.1, -0.05) is 56.3 Å². The van der Waals surface area contributed by atoms with Crippen LogP contribution in [0.15, 0.2) is 53.7 Å². The van der Waals surface area contributed by atoms with Crippen LogP contribution in [0, 0.1) is 0 Å². The van der Waals surface area contributed by atoms with Crippen molar-refractivity contribution in [3.8, 4) is 11.5 Å². The summed E-state index contributed by atoms with van der Waals surface area (Å²) in [4.78, 5) is 12.1. The summed E-state index contributed by atoms with van der Waals surface area (Å²) in [7, 11) is 0. The van der Waals surface area contributed by atoms with Gasteiger partial charge in [-0.15, -0.1) is 10.2 Å². The molecule has 0 atom stereocenters. The highest BCUT2D eigenvalue weighted by Gasteiger charge is 2.15. The maximum absolute atomic E-state index is 12.1. The van der Waals surface area contributed by atoms with Crippen molar-refractivity contribution >= 4 is 29.3 Å². The Morgan fingerprint density at radius 3 is 2.36 bits per heavy atom. The minimum atomic E-state index is -0.153. The molecule has 0 saturated carbocycles. The lowest BCUT2D eigenvalue weighted by Gasteiger charge is -2.19. The minimum Gasteiger partial charge on any atom is -0.492 e. The Hall–Kier alpha value is -2.91. The van der Waals surface area contributed by atoms with E-state index in [9.17, 15) is 4.79 Å². The molecular formula is C23H28ClN5O3S. The van der Waals surface area contributed by atoms with E-state index in [1.54, 1.807) is 24.3 Å². The van der Waals surface area contributed by atoms with Crippen LogP contribution in [-0.4, -0.2) is 39.7 Å². The molecule has 3 rings (SSSR count). The number of amides is 1. The zero-order valence-corrected chi connectivity index (χ0v) is 20.4. The van der Waals surface area contributed by atoms with E-state index in [-0.39, 0.29) is 23.7 Å². The average molecular weight is 490 g/mol. The molecule has 33 heavy (non-hydrogen) atoms. The molecule has 3 aromatic rings. The molecule has 10 heteroatoms. The van der Waals surface area contributed by atoms with Crippen molar-refractivity contribution in [2.45, 2.75) is 37.9 Å². The molecule has 0 aliphatic rings. The molecule has 8 nitrogen and oxygen atoms in total. The Bertz CT molecular complexity index is 1050. The fourth-order valence-electron chi connectivity index (χ4n) is 2.77. The minimum absolute atomic E-state index is 0.0814. The van der Waals surface area contributed by atoms with Crippen molar-refractivity contribution in [1.82, 2.24) is 20.2 Å². The van der Waals surface area contributed by atoms with Gasteiger partial charge in [-0.2, -0.15) is 0 Å². The molecule has 0 fully saturated rings. The normalized spacial score (nSPS) is 11.3. The van der Waals surface area contributed by atoms with Crippen LogP contribution in [0.5, 0.6) is 11.5 Å². The van der Waals surface area contributed by atoms with Gasteiger partial charge in [-0.25, -0.2) is 4.68 Å². The first-order chi connectivity index (χ1) is 15.7. The number of nitrogens with one attached hydrogen (secondary N) is 1. The summed E-state index contributed by atoms with van der Waals surface area (Å²) < 4.78 is 12.7. The number of hydrogen-bond donors (Lipinski definition) is 2. The number of benzene rings is 2. The van der Waals surface area contributed by atoms with Crippen molar-refractivity contribution in [3.05, 3.63) is 64.9 Å². The first kappa shape index (κ1) is 24.7. The van der Waals surface area contributed by atoms with Crippen LogP contribution >= 0.6 is 23.4 Å². The maximum Gasteiger partial charge on any atom is 0.230 e. The second-order valence-corrected chi connectivity index (χ2v) is 9.65. The molecule has 1 amide bonds. The van der Waals surface area contributed by atoms with Gasteiger partial charge < -0.3 is 20.6 Å². The standard InChI is InChI=1S/C23H28ClN5O3S/c1-23(2,3)16-4-8-19(9-5-16)32-14-20-27-28-22(29(20)25)33-15-21(30)26-12-13-31-18-10-6-17(24)7-11-18/h4-11H,12-15,25H2,1-3H3,(H,26,30). The lowest BCUT2D eigenvalue weighted by molar-refractivity contribution is -0.118. The number of thioether (sulfide) groups is 1. The summed E-state index contributed by atoms with van der Waals surface area (Å²) in [5, 5.41) is 12.0. The Morgan fingerprint density at radius 1 is 1.06 bits per heavy atom. The van der Waals surface area contributed by atoms with Crippen LogP contribution in [0.2, 0.25) is 5.02 Å². The van der Waals surface area contributed by atoms with Gasteiger partial charge in [0.1, 0.15) is 24.7 Å². The number of nitrogens with two attached hydrogens (primary N) is 1. The maximum atomic E-state index is 12.1. The number of rotatable bonds is 10. The SMILES string of the molecule is CC(C)(C)c1ccc(OCc2nnc(SCC(=O)NCCOc3ccc(Cl)cc3)n2N)cc1. The zero-order chi connectivity index (χ0) is 23.8. The van der Waals surface area contributed by atoms with Gasteiger partial charge in [0.15, 0.2) is 5.82 Å². The second kappa shape index (κ2) is 11.3. The van der Waals surface area contributed by atoms with E-state index in [0.717, 1.165) is 5.75 Å². The van der Waals surface area contributed by atoms with Gasteiger partial charge >= 0.3 is 0 Å². The second-order valence-electron chi connectivity index (χ2n) is 8.27. The Balaban J connectivity index is 1.39. The molecular weight excluding hydrogens is 462 g/mol. The summed E-state index contributed by atoms with van der Waals surface area (Å²) in [6, 6.07) is 15.0. The lowest BCUT2D eigenvalue weighted by Crippen LogP contribution is -2.29. The Kier molecular flexibility index (Phi) is 8.46. The molecule has 1 aromatic heterocycles. The molecule has 0 radical (unpaired) electrons. The highest BCUT2D eigenvalue weighted by Crippen LogP contribution is 2.24. The summed E-state index contributed by atoms with van der Waals surface area (Å²) in [6.07, 6.45) is 0. The fraction of sp³-hybridized carbons (Fsp3) is 0.348. The van der Waals surface area contributed by atoms with Crippen molar-refractivity contribution in [2.75, 3.05) is 24.7 Å². The number of nitrogen functional groups attached to an aromatic ring is 1. The van der Waals surface area contributed by atoms with E-state index in [1.165, 1.54) is 22.0 Å². The summed E-state index contributed by atoms with van der Waals surface area (Å²) in [6.45, 7) is 7.39. The van der Waals surface area contributed by atoms with E-state index < -0.39 is 0 Å². The van der Waals surface area contributed by atoms with Gasteiger partial charge in [0.25, 0.3) is 0 Å². The van der Waals surface area contributed by atoms with E-state index in [1.807, 2.05) is 24.3 Å². The zero-order valence-electron chi connectivity index (χ0n) is 18.9. The third-order valence-corrected chi connectivity index (χ3v) is 5.86. The third kappa shape index (κ3) is 7.57. The van der Waals surface area contributed by atoms with E-state index in [0.29, 0.717) is 34.9 Å². The average Bonchev–Trinajstić information content (AvgIpc) is 3.14. The number of carbonyl (C=O) groups excluding carboxylic acids is 1. The fourth-order valence-corrected chi connectivity index (χ4v) is 3.61. The highest BCUT2D eigenvalue weighted by molar-refractivity contribution is 7.99. The van der Waals surface area contributed by atoms with Crippen LogP contribution in [0.4, 0.5) is 0 Å². The summed E-state index contributed by atoms with van der Waals surface area (Å²) in [5.41, 5.74) is 1.31. The number of halogens is 1. The summed E-state index contributed by atoms with van der Waals surface area (Å²) in [5.74, 6) is 7.95. The van der Waals surface area contributed by atoms with Gasteiger partial charge in [-0.05, 0) is 47.4 Å². The van der Waals surface area contributed by atoms with Crippen molar-refractivity contribution in [3.63, 3.8) is 0 Å². The molecule has 0 bridgehead atoms. The quantitative estimate of drug-likeness (QED) is 0.253. The first-order valence-electron chi connectivity index (χ1n) is 10.4. The Morgan fingerprint density at radius 2 is 1.70 bits per heavy atom. The molecule has 1 heterocycles. The lowest BCUT2D eigenvalue weighted by atomic mass is 9.87. The van der Waals surface area contributed by atoms with E-state index in [4.69, 9.17) is 26.9 Å². The Labute approximate surface area is 202 Å². The molecule has 2 aromatic carbocycles. The number of nitrogens with zero attached hydrogens (tertiary/aromatic N) is 3. The van der Waals surface area contributed by atoms with Crippen LogP contribution < -0.4 is 20.6 Å². The van der Waals surface area contributed by atoms with Crippen molar-refractivity contribution in [2.24, 2.45) is 0 Å².